The van der Waals surface area contributed by atoms with E-state index in [1.165, 1.54) is 0 Å². The van der Waals surface area contributed by atoms with Crippen LogP contribution >= 0.6 is 0 Å². The van der Waals surface area contributed by atoms with Gasteiger partial charge in [0, 0.05) is 11.8 Å². The highest BCUT2D eigenvalue weighted by Gasteiger charge is 2.19. The monoisotopic (exact) mass is 470 g/mol. The Labute approximate surface area is 199 Å². The number of nitrogens with one attached hydrogen (secondary N) is 1. The third kappa shape index (κ3) is 5.03. The molecular formula is C26H22N4O5. The van der Waals surface area contributed by atoms with Crippen LogP contribution in [0.15, 0.2) is 74.5 Å². The molecule has 0 saturated carbocycles. The second kappa shape index (κ2) is 8.68. The average molecular weight is 470 g/mol. The minimum atomic E-state index is -0.605. The Hall–Kier alpha value is -4.53. The summed E-state index contributed by atoms with van der Waals surface area (Å²) in [4.78, 5) is 35.1. The zero-order valence-electron chi connectivity index (χ0n) is 19.4. The predicted molar refractivity (Wildman–Crippen MR) is 128 cm³/mol. The van der Waals surface area contributed by atoms with E-state index in [0.717, 1.165) is 22.3 Å². The number of rotatable bonds is 5. The highest BCUT2D eigenvalue weighted by Crippen LogP contribution is 2.26. The molecule has 0 bridgehead atoms. The van der Waals surface area contributed by atoms with Gasteiger partial charge < -0.3 is 13.7 Å². The summed E-state index contributed by atoms with van der Waals surface area (Å²) in [6.07, 6.45) is 1.98. The van der Waals surface area contributed by atoms with E-state index in [1.54, 1.807) is 18.3 Å². The summed E-state index contributed by atoms with van der Waals surface area (Å²) in [6, 6.07) is 16.5. The zero-order chi connectivity index (χ0) is 24.6. The Morgan fingerprint density at radius 2 is 1.83 bits per heavy atom. The van der Waals surface area contributed by atoms with Crippen LogP contribution < -0.4 is 5.76 Å². The molecule has 9 nitrogen and oxygen atoms in total. The van der Waals surface area contributed by atoms with Crippen molar-refractivity contribution >= 4 is 17.1 Å². The first-order chi connectivity index (χ1) is 16.7. The van der Waals surface area contributed by atoms with Crippen LogP contribution in [0.25, 0.3) is 33.6 Å². The molecule has 5 rings (SSSR count). The van der Waals surface area contributed by atoms with Gasteiger partial charge in [-0.1, -0.05) is 29.4 Å². The van der Waals surface area contributed by atoms with E-state index < -0.39 is 17.3 Å². The number of oxazole rings is 1. The molecule has 0 saturated heterocycles. The Bertz CT molecular complexity index is 1590. The van der Waals surface area contributed by atoms with E-state index >= 15 is 0 Å². The molecular weight excluding hydrogens is 448 g/mol. The Balaban J connectivity index is 1.37. The van der Waals surface area contributed by atoms with Gasteiger partial charge in [0.2, 0.25) is 11.7 Å². The molecule has 0 fully saturated rings. The van der Waals surface area contributed by atoms with Crippen molar-refractivity contribution in [2.75, 3.05) is 0 Å². The third-order valence-electron chi connectivity index (χ3n) is 5.13. The number of carbonyl (C=O) groups is 1. The second-order valence-electron chi connectivity index (χ2n) is 9.05. The van der Waals surface area contributed by atoms with Gasteiger partial charge in [0.1, 0.15) is 11.3 Å². The number of esters is 1. The first kappa shape index (κ1) is 22.3. The lowest BCUT2D eigenvalue weighted by Gasteiger charge is -2.19. The SMILES string of the molecule is CC(C)(C)OC(=O)c1cc(-c2cccc(-c3noc(Cc4ccc5oc(=O)[nH]c5c4)n3)c2)ccn1. The topological polar surface area (TPSA) is 124 Å². The van der Waals surface area contributed by atoms with Gasteiger partial charge in [0.05, 0.1) is 11.9 Å². The van der Waals surface area contributed by atoms with Crippen LogP contribution in [0.2, 0.25) is 0 Å². The van der Waals surface area contributed by atoms with Gasteiger partial charge in [-0.05, 0) is 67.8 Å². The van der Waals surface area contributed by atoms with Crippen LogP contribution in [0.5, 0.6) is 0 Å². The van der Waals surface area contributed by atoms with Gasteiger partial charge in [-0.15, -0.1) is 0 Å². The van der Waals surface area contributed by atoms with Crippen LogP contribution in [-0.2, 0) is 11.2 Å². The fourth-order valence-electron chi connectivity index (χ4n) is 3.62. The van der Waals surface area contributed by atoms with Gasteiger partial charge in [-0.2, -0.15) is 4.98 Å². The van der Waals surface area contributed by atoms with E-state index in [4.69, 9.17) is 13.7 Å². The Kier molecular flexibility index (Phi) is 5.52. The summed E-state index contributed by atoms with van der Waals surface area (Å²) in [7, 11) is 0. The van der Waals surface area contributed by atoms with E-state index in [-0.39, 0.29) is 5.69 Å². The van der Waals surface area contributed by atoms with Crippen LogP contribution in [0, 0.1) is 0 Å². The molecule has 0 aliphatic heterocycles. The molecule has 2 aromatic carbocycles. The number of aromatic amines is 1. The minimum absolute atomic E-state index is 0.237. The number of benzene rings is 2. The summed E-state index contributed by atoms with van der Waals surface area (Å²) in [5, 5.41) is 4.12. The van der Waals surface area contributed by atoms with Crippen LogP contribution in [0.1, 0.15) is 42.7 Å². The summed E-state index contributed by atoms with van der Waals surface area (Å²) in [5.74, 6) is -0.0895. The highest BCUT2D eigenvalue weighted by molar-refractivity contribution is 5.89. The van der Waals surface area contributed by atoms with Crippen molar-refractivity contribution in [2.45, 2.75) is 32.8 Å². The van der Waals surface area contributed by atoms with Crippen molar-refractivity contribution in [1.29, 1.82) is 0 Å². The lowest BCUT2D eigenvalue weighted by atomic mass is 10.0. The molecule has 35 heavy (non-hydrogen) atoms. The predicted octanol–water partition coefficient (Wildman–Crippen LogP) is 4.78. The van der Waals surface area contributed by atoms with Gasteiger partial charge in [-0.25, -0.2) is 14.6 Å². The summed E-state index contributed by atoms with van der Waals surface area (Å²) >= 11 is 0. The average Bonchev–Trinajstić information content (AvgIpc) is 3.43. The maximum atomic E-state index is 12.4. The molecule has 3 heterocycles. The van der Waals surface area contributed by atoms with E-state index in [0.29, 0.717) is 29.2 Å². The smallest absolute Gasteiger partial charge is 0.417 e. The first-order valence-corrected chi connectivity index (χ1v) is 11.0. The Morgan fingerprint density at radius 3 is 2.66 bits per heavy atom. The molecule has 0 aliphatic rings. The summed E-state index contributed by atoms with van der Waals surface area (Å²) in [5.41, 5.74) is 4.08. The molecule has 0 radical (unpaired) electrons. The fraction of sp³-hybridized carbons (Fsp3) is 0.192. The van der Waals surface area contributed by atoms with Gasteiger partial charge in [-0.3, -0.25) is 4.98 Å². The molecule has 0 atom stereocenters. The Morgan fingerprint density at radius 1 is 1.03 bits per heavy atom. The molecule has 0 aliphatic carbocycles. The molecule has 9 heteroatoms. The maximum absolute atomic E-state index is 12.4. The number of hydrogen-bond donors (Lipinski definition) is 1. The number of aromatic nitrogens is 4. The fourth-order valence-corrected chi connectivity index (χ4v) is 3.62. The van der Waals surface area contributed by atoms with Crippen molar-refractivity contribution in [3.8, 4) is 22.5 Å². The molecule has 1 N–H and O–H groups in total. The number of nitrogens with zero attached hydrogens (tertiary/aromatic N) is 3. The maximum Gasteiger partial charge on any atom is 0.417 e. The molecule has 5 aromatic rings. The summed E-state index contributed by atoms with van der Waals surface area (Å²) < 4.78 is 15.9. The summed E-state index contributed by atoms with van der Waals surface area (Å²) in [6.45, 7) is 5.44. The molecule has 3 aromatic heterocycles. The van der Waals surface area contributed by atoms with Crippen molar-refractivity contribution in [1.82, 2.24) is 20.1 Å². The van der Waals surface area contributed by atoms with Crippen molar-refractivity contribution in [2.24, 2.45) is 0 Å². The van der Waals surface area contributed by atoms with E-state index in [9.17, 15) is 9.59 Å². The first-order valence-electron chi connectivity index (χ1n) is 11.0. The molecule has 176 valence electrons. The van der Waals surface area contributed by atoms with Crippen molar-refractivity contribution in [3.05, 3.63) is 88.5 Å². The van der Waals surface area contributed by atoms with Gasteiger partial charge in [0.15, 0.2) is 5.58 Å². The van der Waals surface area contributed by atoms with Crippen molar-refractivity contribution < 1.29 is 18.5 Å². The lowest BCUT2D eigenvalue weighted by Crippen LogP contribution is -2.24. The number of fused-ring (bicyclic) bond motifs is 1. The lowest BCUT2D eigenvalue weighted by molar-refractivity contribution is 0.00629. The van der Waals surface area contributed by atoms with Gasteiger partial charge >= 0.3 is 11.7 Å². The number of H-pyrrole nitrogens is 1. The molecule has 0 unspecified atom stereocenters. The van der Waals surface area contributed by atoms with Crippen LogP contribution in [0.3, 0.4) is 0 Å². The van der Waals surface area contributed by atoms with Gasteiger partial charge in [0.25, 0.3) is 0 Å². The van der Waals surface area contributed by atoms with Crippen LogP contribution in [-0.4, -0.2) is 31.7 Å². The normalized spacial score (nSPS) is 11.6. The van der Waals surface area contributed by atoms with Crippen LogP contribution in [0.4, 0.5) is 0 Å². The standard InChI is InChI=1S/C26H22N4O5/c1-26(2,3)34-24(31)20-14-17(9-10-27-20)16-5-4-6-18(13-16)23-29-22(35-30-23)12-15-7-8-21-19(11-15)28-25(32)33-21/h4-11,13-14H,12H2,1-3H3,(H,28,32). The molecule has 0 amide bonds. The zero-order valence-corrected chi connectivity index (χ0v) is 19.4. The van der Waals surface area contributed by atoms with E-state index in [1.807, 2.05) is 63.2 Å². The number of pyridine rings is 1. The number of carbonyl (C=O) groups excluding carboxylic acids is 1. The minimum Gasteiger partial charge on any atom is -0.455 e. The quantitative estimate of drug-likeness (QED) is 0.364. The number of hydrogen-bond acceptors (Lipinski definition) is 8. The third-order valence-corrected chi connectivity index (χ3v) is 5.13. The number of ether oxygens (including phenoxy) is 1. The highest BCUT2D eigenvalue weighted by atomic mass is 16.6. The van der Waals surface area contributed by atoms with Crippen molar-refractivity contribution in [3.63, 3.8) is 0 Å². The largest absolute Gasteiger partial charge is 0.455 e. The van der Waals surface area contributed by atoms with E-state index in [2.05, 4.69) is 20.1 Å². The molecule has 0 spiro atoms. The second-order valence-corrected chi connectivity index (χ2v) is 9.05.